The van der Waals surface area contributed by atoms with Crippen molar-refractivity contribution in [2.45, 2.75) is 19.8 Å². The number of carbonyl (C=O) groups is 2. The lowest BCUT2D eigenvalue weighted by Gasteiger charge is -2.29. The SMILES string of the molecule is COc1ccc(N(C(=O)CN(CCc2c[nH]c3ccccc23)C(=O)CCNC(=N)N)c2ccccc2)c(C)c1. The van der Waals surface area contributed by atoms with Gasteiger partial charge in [-0.2, -0.15) is 0 Å². The number of nitrogens with zero attached hydrogens (tertiary/aromatic N) is 2. The lowest BCUT2D eigenvalue weighted by molar-refractivity contribution is -0.135. The Kier molecular flexibility index (Phi) is 8.83. The van der Waals surface area contributed by atoms with Gasteiger partial charge in [-0.3, -0.25) is 19.9 Å². The van der Waals surface area contributed by atoms with Crippen LogP contribution in [0.3, 0.4) is 0 Å². The van der Waals surface area contributed by atoms with Gasteiger partial charge in [0.2, 0.25) is 5.91 Å². The molecular formula is C30H34N6O3. The topological polar surface area (TPSA) is 128 Å². The molecule has 1 heterocycles. The number of hydrogen-bond acceptors (Lipinski definition) is 4. The van der Waals surface area contributed by atoms with Crippen LogP contribution in [0.15, 0.2) is 79.0 Å². The van der Waals surface area contributed by atoms with Gasteiger partial charge in [0.15, 0.2) is 5.96 Å². The van der Waals surface area contributed by atoms with Crippen molar-refractivity contribution in [1.82, 2.24) is 15.2 Å². The molecule has 39 heavy (non-hydrogen) atoms. The highest BCUT2D eigenvalue weighted by Crippen LogP contribution is 2.31. The number of methoxy groups -OCH3 is 1. The number of para-hydroxylation sites is 2. The lowest BCUT2D eigenvalue weighted by atomic mass is 10.1. The van der Waals surface area contributed by atoms with E-state index in [1.807, 2.05) is 85.9 Å². The molecule has 0 aliphatic rings. The molecule has 5 N–H and O–H groups in total. The molecule has 0 aliphatic carbocycles. The van der Waals surface area contributed by atoms with Gasteiger partial charge in [-0.05, 0) is 60.9 Å². The molecule has 202 valence electrons. The van der Waals surface area contributed by atoms with E-state index in [1.54, 1.807) is 16.9 Å². The van der Waals surface area contributed by atoms with Gasteiger partial charge >= 0.3 is 0 Å². The number of anilines is 2. The zero-order valence-corrected chi connectivity index (χ0v) is 22.2. The van der Waals surface area contributed by atoms with Crippen LogP contribution in [-0.4, -0.2) is 54.4 Å². The second-order valence-electron chi connectivity index (χ2n) is 9.23. The van der Waals surface area contributed by atoms with Crippen LogP contribution in [0.5, 0.6) is 5.75 Å². The first kappa shape index (κ1) is 27.3. The number of ether oxygens (including phenoxy) is 1. The van der Waals surface area contributed by atoms with Crippen molar-refractivity contribution >= 4 is 40.1 Å². The number of benzene rings is 3. The molecule has 0 bridgehead atoms. The highest BCUT2D eigenvalue weighted by Gasteiger charge is 2.25. The average Bonchev–Trinajstić information content (AvgIpc) is 3.35. The summed E-state index contributed by atoms with van der Waals surface area (Å²) < 4.78 is 5.36. The molecule has 9 heteroatoms. The van der Waals surface area contributed by atoms with Crippen LogP contribution in [-0.2, 0) is 16.0 Å². The summed E-state index contributed by atoms with van der Waals surface area (Å²) in [5.41, 5.74) is 9.78. The third-order valence-corrected chi connectivity index (χ3v) is 6.57. The van der Waals surface area contributed by atoms with Gasteiger partial charge in [0.25, 0.3) is 5.91 Å². The van der Waals surface area contributed by atoms with E-state index in [4.69, 9.17) is 15.9 Å². The Morgan fingerprint density at radius 1 is 1.03 bits per heavy atom. The smallest absolute Gasteiger partial charge is 0.251 e. The van der Waals surface area contributed by atoms with Gasteiger partial charge < -0.3 is 25.7 Å². The number of rotatable bonds is 11. The van der Waals surface area contributed by atoms with E-state index >= 15 is 0 Å². The largest absolute Gasteiger partial charge is 0.497 e. The number of H-pyrrole nitrogens is 1. The van der Waals surface area contributed by atoms with Gasteiger partial charge in [0.1, 0.15) is 12.3 Å². The number of hydrogen-bond donors (Lipinski definition) is 4. The molecule has 0 spiro atoms. The monoisotopic (exact) mass is 526 g/mol. The minimum Gasteiger partial charge on any atom is -0.497 e. The highest BCUT2D eigenvalue weighted by atomic mass is 16.5. The number of nitrogens with one attached hydrogen (secondary N) is 3. The Hall–Kier alpha value is -4.79. The van der Waals surface area contributed by atoms with Crippen molar-refractivity contribution < 1.29 is 14.3 Å². The molecule has 0 radical (unpaired) electrons. The number of fused-ring (bicyclic) bond motifs is 1. The molecular weight excluding hydrogens is 492 g/mol. The Balaban J connectivity index is 1.60. The molecule has 4 aromatic rings. The minimum absolute atomic E-state index is 0.105. The van der Waals surface area contributed by atoms with Crippen molar-refractivity contribution in [1.29, 1.82) is 5.41 Å². The molecule has 0 fully saturated rings. The highest BCUT2D eigenvalue weighted by molar-refractivity contribution is 6.03. The Bertz CT molecular complexity index is 1450. The van der Waals surface area contributed by atoms with Crippen LogP contribution in [0.1, 0.15) is 17.5 Å². The fourth-order valence-electron chi connectivity index (χ4n) is 4.58. The first-order valence-electron chi connectivity index (χ1n) is 12.8. The number of aromatic nitrogens is 1. The molecule has 2 amide bonds. The van der Waals surface area contributed by atoms with Crippen LogP contribution in [0, 0.1) is 12.3 Å². The summed E-state index contributed by atoms with van der Waals surface area (Å²) in [7, 11) is 1.60. The third-order valence-electron chi connectivity index (χ3n) is 6.57. The molecule has 3 aromatic carbocycles. The Morgan fingerprint density at radius 2 is 1.77 bits per heavy atom. The van der Waals surface area contributed by atoms with Gasteiger partial charge in [-0.1, -0.05) is 36.4 Å². The predicted octanol–water partition coefficient (Wildman–Crippen LogP) is 4.09. The minimum atomic E-state index is -0.235. The number of nitrogens with two attached hydrogens (primary N) is 1. The molecule has 4 rings (SSSR count). The van der Waals surface area contributed by atoms with Crippen molar-refractivity contribution in [2.24, 2.45) is 5.73 Å². The zero-order chi connectivity index (χ0) is 27.8. The number of aryl methyl sites for hydroxylation is 1. The van der Waals surface area contributed by atoms with Crippen molar-refractivity contribution in [2.75, 3.05) is 31.6 Å². The van der Waals surface area contributed by atoms with Crippen LogP contribution < -0.4 is 20.7 Å². The maximum absolute atomic E-state index is 13.9. The summed E-state index contributed by atoms with van der Waals surface area (Å²) in [6.45, 7) is 2.39. The Labute approximate surface area is 228 Å². The normalized spacial score (nSPS) is 10.7. The number of amides is 2. The summed E-state index contributed by atoms with van der Waals surface area (Å²) in [6, 6.07) is 22.9. The van der Waals surface area contributed by atoms with Crippen molar-refractivity contribution in [3.8, 4) is 5.75 Å². The summed E-state index contributed by atoms with van der Waals surface area (Å²) in [6.07, 6.45) is 2.63. The standard InChI is InChI=1S/C30H34N6O3/c1-21-18-24(39-2)12-13-27(21)36(23-8-4-3-5-9-23)29(38)20-35(28(37)14-16-33-30(31)32)17-15-22-19-34-26-11-7-6-10-25(22)26/h3-13,18-19,34H,14-17,20H2,1-2H3,(H4,31,32,33). The van der Waals surface area contributed by atoms with Gasteiger partial charge in [-0.15, -0.1) is 0 Å². The van der Waals surface area contributed by atoms with E-state index in [1.165, 1.54) is 0 Å². The summed E-state index contributed by atoms with van der Waals surface area (Å²) in [5, 5.41) is 11.1. The van der Waals surface area contributed by atoms with Crippen LogP contribution in [0.25, 0.3) is 10.9 Å². The van der Waals surface area contributed by atoms with E-state index in [9.17, 15) is 9.59 Å². The maximum atomic E-state index is 13.9. The first-order chi connectivity index (χ1) is 18.9. The lowest BCUT2D eigenvalue weighted by Crippen LogP contribution is -2.43. The average molecular weight is 527 g/mol. The molecule has 0 saturated heterocycles. The van der Waals surface area contributed by atoms with Crippen molar-refractivity contribution in [3.05, 3.63) is 90.1 Å². The van der Waals surface area contributed by atoms with Crippen LogP contribution >= 0.6 is 0 Å². The first-order valence-corrected chi connectivity index (χ1v) is 12.8. The zero-order valence-electron chi connectivity index (χ0n) is 22.2. The fourth-order valence-corrected chi connectivity index (χ4v) is 4.58. The van der Waals surface area contributed by atoms with E-state index in [0.29, 0.717) is 30.1 Å². The van der Waals surface area contributed by atoms with Crippen molar-refractivity contribution in [3.63, 3.8) is 0 Å². The molecule has 0 unspecified atom stereocenters. The molecule has 0 atom stereocenters. The van der Waals surface area contributed by atoms with Gasteiger partial charge in [-0.25, -0.2) is 0 Å². The number of carbonyl (C=O) groups excluding carboxylic acids is 2. The Morgan fingerprint density at radius 3 is 2.49 bits per heavy atom. The summed E-state index contributed by atoms with van der Waals surface area (Å²) in [4.78, 5) is 33.8. The van der Waals surface area contributed by atoms with Crippen LogP contribution in [0.2, 0.25) is 0 Å². The molecule has 0 aliphatic heterocycles. The molecule has 1 aromatic heterocycles. The van der Waals surface area contributed by atoms with E-state index in [2.05, 4.69) is 10.3 Å². The molecule has 0 saturated carbocycles. The fraction of sp³-hybridized carbons (Fsp3) is 0.233. The molecule has 9 nitrogen and oxygen atoms in total. The second-order valence-corrected chi connectivity index (χ2v) is 9.23. The van der Waals surface area contributed by atoms with Gasteiger partial charge in [0.05, 0.1) is 12.8 Å². The van der Waals surface area contributed by atoms with E-state index in [0.717, 1.165) is 22.0 Å². The quantitative estimate of drug-likeness (QED) is 0.173. The summed E-state index contributed by atoms with van der Waals surface area (Å²) >= 11 is 0. The second kappa shape index (κ2) is 12.6. The van der Waals surface area contributed by atoms with Gasteiger partial charge in [0, 0.05) is 42.3 Å². The maximum Gasteiger partial charge on any atom is 0.251 e. The number of aromatic amines is 1. The van der Waals surface area contributed by atoms with E-state index < -0.39 is 0 Å². The third kappa shape index (κ3) is 6.75. The van der Waals surface area contributed by atoms with Crippen LogP contribution in [0.4, 0.5) is 11.4 Å². The van der Waals surface area contributed by atoms with E-state index in [-0.39, 0.29) is 37.3 Å². The predicted molar refractivity (Wildman–Crippen MR) is 154 cm³/mol. The summed E-state index contributed by atoms with van der Waals surface area (Å²) in [5.74, 6) is 0.0670. The number of guanidine groups is 1.